The molecule has 4 atom stereocenters. The standard InChI is InChI=1S/C36H43ClFN3O7S/c1-6-8-18-47-26-15-17-33(32(22-26)48-19-9-7-2)49(44,45)40-29-16-14-24(37)20-28(29)36(35(40)43,27-12-10-11-13-31(27)46-5)41(4)23-25(38)21-30(41)34(42)39-3/h10-17,20,22,25,30H,6-9,18-19,21,23H2,1-5H3/p+1/t25-,30+,36?,41?/m1/s1. The van der Waals surface area contributed by atoms with Gasteiger partial charge in [0.25, 0.3) is 15.9 Å². The number of ether oxygens (including phenoxy) is 3. The van der Waals surface area contributed by atoms with Crippen LogP contribution < -0.4 is 23.8 Å². The third kappa shape index (κ3) is 6.12. The van der Waals surface area contributed by atoms with Crippen molar-refractivity contribution in [3.8, 4) is 17.2 Å². The van der Waals surface area contributed by atoms with Crippen LogP contribution in [0.5, 0.6) is 17.2 Å². The molecule has 0 saturated carbocycles. The van der Waals surface area contributed by atoms with E-state index in [1.807, 2.05) is 13.8 Å². The fourth-order valence-electron chi connectivity index (χ4n) is 7.21. The molecule has 2 heterocycles. The van der Waals surface area contributed by atoms with Crippen LogP contribution in [0.2, 0.25) is 5.02 Å². The molecule has 0 aromatic heterocycles. The highest BCUT2D eigenvalue weighted by molar-refractivity contribution is 7.93. The first-order chi connectivity index (χ1) is 23.4. The van der Waals surface area contributed by atoms with E-state index in [-0.39, 0.29) is 57.8 Å². The summed E-state index contributed by atoms with van der Waals surface area (Å²) in [6.07, 6.45) is 1.56. The minimum Gasteiger partial charge on any atom is -0.496 e. The molecule has 1 saturated heterocycles. The van der Waals surface area contributed by atoms with Crippen molar-refractivity contribution in [2.24, 2.45) is 0 Å². The van der Waals surface area contributed by atoms with Gasteiger partial charge in [-0.1, -0.05) is 50.4 Å². The van der Waals surface area contributed by atoms with E-state index in [9.17, 15) is 4.79 Å². The number of likely N-dealkylation sites (tertiary alicyclic amines) is 1. The third-order valence-corrected chi connectivity index (χ3v) is 11.5. The number of carbonyl (C=O) groups excluding carboxylic acids is 2. The SMILES string of the molecule is CCCCOc1ccc(S(=O)(=O)N2C(=O)C(c3ccccc3OC)([N+]3(C)C[C@H](F)C[C@H]3C(=O)NC)c3cc(Cl)ccc32)c(OCCCC)c1. The van der Waals surface area contributed by atoms with E-state index in [4.69, 9.17) is 25.8 Å². The molecule has 49 heavy (non-hydrogen) atoms. The number of methoxy groups -OCH3 is 1. The van der Waals surface area contributed by atoms with Gasteiger partial charge < -0.3 is 19.5 Å². The minimum atomic E-state index is -4.72. The highest BCUT2D eigenvalue weighted by atomic mass is 35.5. The Balaban J connectivity index is 1.80. The number of benzene rings is 3. The summed E-state index contributed by atoms with van der Waals surface area (Å²) in [5.41, 5.74) is -1.48. The largest absolute Gasteiger partial charge is 0.496 e. The van der Waals surface area contributed by atoms with Gasteiger partial charge in [-0.05, 0) is 55.3 Å². The highest BCUT2D eigenvalue weighted by Gasteiger charge is 2.72. The van der Waals surface area contributed by atoms with E-state index in [0.29, 0.717) is 18.8 Å². The van der Waals surface area contributed by atoms with Crippen LogP contribution in [-0.2, 0) is 25.2 Å². The summed E-state index contributed by atoms with van der Waals surface area (Å²) in [5, 5.41) is 2.85. The number of carbonyl (C=O) groups is 2. The predicted molar refractivity (Wildman–Crippen MR) is 186 cm³/mol. The van der Waals surface area contributed by atoms with Gasteiger partial charge in [0, 0.05) is 24.6 Å². The molecule has 5 rings (SSSR count). The van der Waals surface area contributed by atoms with E-state index in [1.165, 1.54) is 50.6 Å². The molecule has 2 unspecified atom stereocenters. The smallest absolute Gasteiger partial charge is 0.312 e. The number of nitrogens with one attached hydrogen (secondary N) is 1. The van der Waals surface area contributed by atoms with Crippen LogP contribution in [0.1, 0.15) is 57.1 Å². The van der Waals surface area contributed by atoms with E-state index in [0.717, 1.165) is 23.6 Å². The van der Waals surface area contributed by atoms with Crippen molar-refractivity contribution in [1.82, 2.24) is 5.32 Å². The first-order valence-electron chi connectivity index (χ1n) is 16.6. The normalized spacial score (nSPS) is 23.3. The van der Waals surface area contributed by atoms with Crippen LogP contribution in [0.3, 0.4) is 0 Å². The van der Waals surface area contributed by atoms with Crippen molar-refractivity contribution in [2.45, 2.75) is 68.6 Å². The lowest BCUT2D eigenvalue weighted by molar-refractivity contribution is -0.953. The molecule has 3 aromatic carbocycles. The van der Waals surface area contributed by atoms with Gasteiger partial charge in [0.05, 0.1) is 44.2 Å². The maximum atomic E-state index is 15.7. The first kappa shape index (κ1) is 36.4. The Kier molecular flexibility index (Phi) is 10.8. The molecule has 1 fully saturated rings. The topological polar surface area (TPSA) is 111 Å². The van der Waals surface area contributed by atoms with Gasteiger partial charge in [-0.15, -0.1) is 0 Å². The molecular formula is C36H44ClFN3O7S+. The lowest BCUT2D eigenvalue weighted by Gasteiger charge is -2.48. The number of amides is 2. The molecule has 2 amide bonds. The molecule has 0 aliphatic carbocycles. The Morgan fingerprint density at radius 3 is 2.39 bits per heavy atom. The number of halogens is 2. The van der Waals surface area contributed by atoms with E-state index in [1.54, 1.807) is 31.3 Å². The maximum absolute atomic E-state index is 15.7. The Morgan fingerprint density at radius 1 is 1.02 bits per heavy atom. The fourth-order valence-corrected chi connectivity index (χ4v) is 8.96. The van der Waals surface area contributed by atoms with Crippen LogP contribution >= 0.6 is 11.6 Å². The number of alkyl halides is 1. The number of quaternary nitrogens is 1. The number of hydrogen-bond donors (Lipinski definition) is 1. The van der Waals surface area contributed by atoms with E-state index >= 15 is 17.6 Å². The molecule has 0 spiro atoms. The quantitative estimate of drug-likeness (QED) is 0.161. The zero-order chi connectivity index (χ0) is 35.6. The van der Waals surface area contributed by atoms with Crippen LogP contribution in [0.15, 0.2) is 65.6 Å². The van der Waals surface area contributed by atoms with E-state index < -0.39 is 44.1 Å². The van der Waals surface area contributed by atoms with Gasteiger partial charge in [-0.3, -0.25) is 14.1 Å². The van der Waals surface area contributed by atoms with Gasteiger partial charge in [-0.2, -0.15) is 4.31 Å². The highest BCUT2D eigenvalue weighted by Crippen LogP contribution is 2.58. The molecule has 2 aliphatic rings. The summed E-state index contributed by atoms with van der Waals surface area (Å²) in [6.45, 7) is 4.44. The van der Waals surface area contributed by atoms with Gasteiger partial charge >= 0.3 is 5.91 Å². The molecule has 1 N–H and O–H groups in total. The molecule has 264 valence electrons. The van der Waals surface area contributed by atoms with Gasteiger partial charge in [0.1, 0.15) is 28.7 Å². The summed E-state index contributed by atoms with van der Waals surface area (Å²) in [4.78, 5) is 28.8. The number of unbranched alkanes of at least 4 members (excludes halogenated alkanes) is 2. The maximum Gasteiger partial charge on any atom is 0.312 e. The Bertz CT molecular complexity index is 1830. The molecule has 10 nitrogen and oxygen atoms in total. The Morgan fingerprint density at radius 2 is 1.71 bits per heavy atom. The number of likely N-dealkylation sites (N-methyl/N-ethyl adjacent to an activating group) is 2. The lowest BCUT2D eigenvalue weighted by atomic mass is 9.78. The average Bonchev–Trinajstić information content (AvgIpc) is 3.54. The molecule has 0 bridgehead atoms. The van der Waals surface area contributed by atoms with Crippen molar-refractivity contribution in [2.75, 3.05) is 45.3 Å². The average molecular weight is 717 g/mol. The second-order valence-corrected chi connectivity index (χ2v) is 14.8. The third-order valence-electron chi connectivity index (χ3n) is 9.57. The minimum absolute atomic E-state index is 0.0281. The van der Waals surface area contributed by atoms with Crippen molar-refractivity contribution in [1.29, 1.82) is 0 Å². The number of fused-ring (bicyclic) bond motifs is 1. The van der Waals surface area contributed by atoms with Gasteiger partial charge in [-0.25, -0.2) is 12.8 Å². The fraction of sp³-hybridized carbons (Fsp3) is 0.444. The second-order valence-electron chi connectivity index (χ2n) is 12.6. The number of para-hydroxylation sites is 1. The molecule has 0 radical (unpaired) electrons. The van der Waals surface area contributed by atoms with Crippen LogP contribution in [-0.4, -0.2) is 77.9 Å². The second kappa shape index (κ2) is 14.5. The van der Waals surface area contributed by atoms with Crippen molar-refractivity contribution < 1.29 is 41.1 Å². The van der Waals surface area contributed by atoms with Crippen LogP contribution in [0.4, 0.5) is 10.1 Å². The molecule has 3 aromatic rings. The van der Waals surface area contributed by atoms with E-state index in [2.05, 4.69) is 5.32 Å². The lowest BCUT2D eigenvalue weighted by Crippen LogP contribution is -2.69. The number of sulfonamides is 1. The van der Waals surface area contributed by atoms with Crippen molar-refractivity contribution in [3.05, 3.63) is 76.8 Å². The molecule has 2 aliphatic heterocycles. The number of rotatable bonds is 14. The van der Waals surface area contributed by atoms with Crippen molar-refractivity contribution in [3.63, 3.8) is 0 Å². The summed E-state index contributed by atoms with van der Waals surface area (Å²) >= 11 is 6.61. The summed E-state index contributed by atoms with van der Waals surface area (Å²) in [7, 11) is -0.225. The Hall–Kier alpha value is -3.87. The van der Waals surface area contributed by atoms with Crippen molar-refractivity contribution >= 4 is 39.1 Å². The van der Waals surface area contributed by atoms with Crippen LogP contribution in [0.25, 0.3) is 0 Å². The molecular weight excluding hydrogens is 673 g/mol. The zero-order valence-corrected chi connectivity index (χ0v) is 30.1. The zero-order valence-electron chi connectivity index (χ0n) is 28.5. The summed E-state index contributed by atoms with van der Waals surface area (Å²) < 4.78 is 63.6. The molecule has 13 heteroatoms. The predicted octanol–water partition coefficient (Wildman–Crippen LogP) is 5.99. The summed E-state index contributed by atoms with van der Waals surface area (Å²) in [6, 6.07) is 14.5. The van der Waals surface area contributed by atoms with Crippen LogP contribution in [0, 0.1) is 0 Å². The first-order valence-corrected chi connectivity index (χ1v) is 18.4. The Labute approximate surface area is 292 Å². The number of hydrogen-bond acceptors (Lipinski definition) is 7. The van der Waals surface area contributed by atoms with Gasteiger partial charge in [0.15, 0.2) is 12.2 Å². The van der Waals surface area contributed by atoms with Gasteiger partial charge in [0.2, 0.25) is 5.54 Å². The number of anilines is 1. The summed E-state index contributed by atoms with van der Waals surface area (Å²) in [5.74, 6) is -0.660. The monoisotopic (exact) mass is 716 g/mol. The number of nitrogens with zero attached hydrogens (tertiary/aromatic N) is 2.